The van der Waals surface area contributed by atoms with Crippen molar-refractivity contribution in [2.45, 2.75) is 97.9 Å². The Hall–Kier alpha value is -2.46. The SMILES string of the molecule is C=C/C=C\[C@H](C)[C@H](OC(N)=O)[C@@H](C)[C@H](O)[C@@H](C)C/C=C\[C@H](C)[C@@H](O)[C@@H](C)/C=C\[C@@H](O)C[C@@H]1OC(=O)[C@H](C)[C@@H](O)[C@H]1C. The first-order chi connectivity index (χ1) is 19.1. The van der Waals surface area contributed by atoms with Crippen molar-refractivity contribution in [3.05, 3.63) is 49.1 Å². The van der Waals surface area contributed by atoms with Crippen LogP contribution in [0.4, 0.5) is 4.79 Å². The van der Waals surface area contributed by atoms with E-state index >= 15 is 0 Å². The lowest BCUT2D eigenvalue weighted by Gasteiger charge is -2.36. The van der Waals surface area contributed by atoms with E-state index in [2.05, 4.69) is 6.58 Å². The maximum Gasteiger partial charge on any atom is 0.404 e. The summed E-state index contributed by atoms with van der Waals surface area (Å²) in [6.07, 6.45) is 7.85. The quantitative estimate of drug-likeness (QED) is 0.105. The van der Waals surface area contributed by atoms with Crippen molar-refractivity contribution in [3.8, 4) is 0 Å². The van der Waals surface area contributed by atoms with Crippen molar-refractivity contribution in [2.24, 2.45) is 47.2 Å². The lowest BCUT2D eigenvalue weighted by Crippen LogP contribution is -2.47. The first-order valence-electron chi connectivity index (χ1n) is 14.6. The van der Waals surface area contributed by atoms with E-state index in [4.69, 9.17) is 15.2 Å². The summed E-state index contributed by atoms with van der Waals surface area (Å²) in [6.45, 7) is 16.4. The number of cyclic esters (lactones) is 1. The number of carbonyl (C=O) groups excluding carboxylic acids is 2. The first kappa shape index (κ1) is 36.6. The molecule has 0 unspecified atom stereocenters. The summed E-state index contributed by atoms with van der Waals surface area (Å²) in [5.74, 6) is -2.50. The molecule has 0 spiro atoms. The van der Waals surface area contributed by atoms with Crippen LogP contribution in [0, 0.1) is 41.4 Å². The smallest absolute Gasteiger partial charge is 0.404 e. The van der Waals surface area contributed by atoms with E-state index in [0.29, 0.717) is 6.42 Å². The fraction of sp³-hybridized carbons (Fsp3) is 0.688. The predicted octanol–water partition coefficient (Wildman–Crippen LogP) is 3.91. The molecule has 1 aliphatic heterocycles. The second-order valence-electron chi connectivity index (χ2n) is 11.9. The van der Waals surface area contributed by atoms with Crippen LogP contribution in [-0.4, -0.2) is 69.1 Å². The zero-order valence-corrected chi connectivity index (χ0v) is 25.7. The zero-order valence-electron chi connectivity index (χ0n) is 25.7. The molecule has 1 rings (SSSR count). The number of hydrogen-bond acceptors (Lipinski definition) is 8. The molecule has 1 amide bonds. The van der Waals surface area contributed by atoms with Crippen LogP contribution in [0.3, 0.4) is 0 Å². The fourth-order valence-corrected chi connectivity index (χ4v) is 5.32. The van der Waals surface area contributed by atoms with Gasteiger partial charge in [0.15, 0.2) is 0 Å². The molecule has 0 aromatic heterocycles. The van der Waals surface area contributed by atoms with E-state index in [9.17, 15) is 30.0 Å². The van der Waals surface area contributed by atoms with Crippen LogP contribution in [0.15, 0.2) is 49.1 Å². The van der Waals surface area contributed by atoms with Gasteiger partial charge in [-0.05, 0) is 19.3 Å². The van der Waals surface area contributed by atoms with Gasteiger partial charge in [0.1, 0.15) is 12.2 Å². The molecule has 6 N–H and O–H groups in total. The van der Waals surface area contributed by atoms with Gasteiger partial charge >= 0.3 is 12.1 Å². The number of esters is 1. The van der Waals surface area contributed by atoms with Gasteiger partial charge in [0.05, 0.1) is 30.3 Å². The summed E-state index contributed by atoms with van der Waals surface area (Å²) < 4.78 is 10.7. The maximum atomic E-state index is 11.9. The van der Waals surface area contributed by atoms with Gasteiger partial charge in [-0.15, -0.1) is 0 Å². The van der Waals surface area contributed by atoms with Gasteiger partial charge in [0.2, 0.25) is 0 Å². The summed E-state index contributed by atoms with van der Waals surface area (Å²) in [7, 11) is 0. The largest absolute Gasteiger partial charge is 0.462 e. The van der Waals surface area contributed by atoms with Crippen molar-refractivity contribution >= 4 is 12.1 Å². The average Bonchev–Trinajstić information content (AvgIpc) is 2.93. The Labute approximate surface area is 245 Å². The number of carbonyl (C=O) groups is 2. The van der Waals surface area contributed by atoms with Gasteiger partial charge in [0, 0.05) is 36.0 Å². The summed E-state index contributed by atoms with van der Waals surface area (Å²) in [4.78, 5) is 23.4. The third-order valence-electron chi connectivity index (χ3n) is 8.37. The molecule has 0 aromatic carbocycles. The monoisotopic (exact) mass is 579 g/mol. The number of ether oxygens (including phenoxy) is 2. The number of aliphatic hydroxyl groups excluding tert-OH is 4. The molecule has 9 heteroatoms. The third-order valence-corrected chi connectivity index (χ3v) is 8.37. The number of allylic oxidation sites excluding steroid dienone is 3. The van der Waals surface area contributed by atoms with Gasteiger partial charge in [-0.3, -0.25) is 4.79 Å². The van der Waals surface area contributed by atoms with Crippen LogP contribution >= 0.6 is 0 Å². The van der Waals surface area contributed by atoms with Crippen molar-refractivity contribution in [3.63, 3.8) is 0 Å². The van der Waals surface area contributed by atoms with Gasteiger partial charge in [-0.25, -0.2) is 4.79 Å². The van der Waals surface area contributed by atoms with Crippen LogP contribution in [0.5, 0.6) is 0 Å². The minimum absolute atomic E-state index is 0.148. The molecule has 9 nitrogen and oxygen atoms in total. The second kappa shape index (κ2) is 17.5. The summed E-state index contributed by atoms with van der Waals surface area (Å²) in [6, 6.07) is 0. The minimum atomic E-state index is -0.891. The van der Waals surface area contributed by atoms with Crippen LogP contribution in [0.25, 0.3) is 0 Å². The molecule has 1 heterocycles. The number of hydrogen-bond donors (Lipinski definition) is 5. The van der Waals surface area contributed by atoms with Gasteiger partial charge < -0.3 is 35.6 Å². The number of aliphatic hydroxyl groups is 4. The maximum absolute atomic E-state index is 11.9. The molecule has 13 atom stereocenters. The summed E-state index contributed by atoms with van der Waals surface area (Å²) in [5, 5.41) is 42.5. The van der Waals surface area contributed by atoms with Crippen molar-refractivity contribution < 1.29 is 39.5 Å². The van der Waals surface area contributed by atoms with Crippen LogP contribution in [0.1, 0.15) is 61.3 Å². The summed E-state index contributed by atoms with van der Waals surface area (Å²) >= 11 is 0. The Morgan fingerprint density at radius 2 is 1.61 bits per heavy atom. The molecular formula is C32H53NO8. The number of primary amides is 1. The third kappa shape index (κ3) is 11.4. The number of nitrogens with two attached hydrogens (primary N) is 1. The van der Waals surface area contributed by atoms with Gasteiger partial charge in [-0.2, -0.15) is 0 Å². The molecule has 1 fully saturated rings. The Bertz CT molecular complexity index is 917. The topological polar surface area (TPSA) is 160 Å². The molecule has 1 saturated heterocycles. The lowest BCUT2D eigenvalue weighted by atomic mass is 9.82. The molecule has 0 saturated carbocycles. The molecular weight excluding hydrogens is 526 g/mol. The van der Waals surface area contributed by atoms with Crippen LogP contribution in [-0.2, 0) is 14.3 Å². The van der Waals surface area contributed by atoms with Gasteiger partial charge in [-0.1, -0.05) is 90.7 Å². The highest BCUT2D eigenvalue weighted by Crippen LogP contribution is 2.30. The zero-order chi connectivity index (χ0) is 31.4. The van der Waals surface area contributed by atoms with E-state index in [1.807, 2.05) is 52.8 Å². The van der Waals surface area contributed by atoms with Crippen molar-refractivity contribution in [1.29, 1.82) is 0 Å². The molecule has 1 aliphatic rings. The molecule has 0 radical (unpaired) electrons. The number of amides is 1. The highest BCUT2D eigenvalue weighted by atomic mass is 16.6. The van der Waals surface area contributed by atoms with Crippen molar-refractivity contribution in [1.82, 2.24) is 0 Å². The van der Waals surface area contributed by atoms with Crippen molar-refractivity contribution in [2.75, 3.05) is 0 Å². The normalized spacial score (nSPS) is 28.4. The standard InChI is InChI=1S/C32H53NO8/c1-9-10-12-21(5)30(41-32(33)39)23(7)28(36)19(3)14-11-13-18(2)27(35)20(4)15-16-25(34)17-26-22(6)29(37)24(8)31(38)40-26/h9-13,15-16,18-30,34-37H,1,14,17H2,2-8H3,(H2,33,39)/b12-10-,13-11-,16-15-/t18-,19-,20-,21-,22-,23-,24+,25+,26-,27+,28+,29-,30-/m0/s1. The Morgan fingerprint density at radius 3 is 2.20 bits per heavy atom. The van der Waals surface area contributed by atoms with E-state index in [0.717, 1.165) is 0 Å². The Balaban J connectivity index is 2.67. The van der Waals surface area contributed by atoms with E-state index in [1.165, 1.54) is 0 Å². The van der Waals surface area contributed by atoms with E-state index in [1.54, 1.807) is 38.2 Å². The molecule has 0 bridgehead atoms. The second-order valence-corrected chi connectivity index (χ2v) is 11.9. The Morgan fingerprint density at radius 1 is 1.00 bits per heavy atom. The van der Waals surface area contributed by atoms with E-state index in [-0.39, 0.29) is 41.9 Å². The van der Waals surface area contributed by atoms with E-state index < -0.39 is 54.6 Å². The Kier molecular flexibility index (Phi) is 15.6. The minimum Gasteiger partial charge on any atom is -0.462 e. The lowest BCUT2D eigenvalue weighted by molar-refractivity contribution is -0.179. The molecule has 41 heavy (non-hydrogen) atoms. The van der Waals surface area contributed by atoms with Gasteiger partial charge in [0.25, 0.3) is 0 Å². The first-order valence-corrected chi connectivity index (χ1v) is 14.6. The van der Waals surface area contributed by atoms with Crippen LogP contribution < -0.4 is 5.73 Å². The summed E-state index contributed by atoms with van der Waals surface area (Å²) in [5.41, 5.74) is 5.27. The highest BCUT2D eigenvalue weighted by molar-refractivity contribution is 5.73. The predicted molar refractivity (Wildman–Crippen MR) is 159 cm³/mol. The van der Waals surface area contributed by atoms with Crippen LogP contribution in [0.2, 0.25) is 0 Å². The average molecular weight is 580 g/mol. The molecule has 234 valence electrons. The fourth-order valence-electron chi connectivity index (χ4n) is 5.32. The molecule has 0 aliphatic carbocycles. The number of rotatable bonds is 16. The highest BCUT2D eigenvalue weighted by Gasteiger charge is 2.41. The molecule has 0 aromatic rings.